The van der Waals surface area contributed by atoms with Crippen molar-refractivity contribution in [3.05, 3.63) is 83.7 Å². The van der Waals surface area contributed by atoms with Gasteiger partial charge in [0.1, 0.15) is 5.82 Å². The Hall–Kier alpha value is -2.75. The summed E-state index contributed by atoms with van der Waals surface area (Å²) in [5.74, 6) is 0.437. The van der Waals surface area contributed by atoms with Crippen LogP contribution >= 0.6 is 34.9 Å². The van der Waals surface area contributed by atoms with Gasteiger partial charge in [-0.25, -0.2) is 9.82 Å². The second kappa shape index (κ2) is 10.7. The lowest BCUT2D eigenvalue weighted by molar-refractivity contribution is -0.118. The Bertz CT molecular complexity index is 1250. The number of fused-ring (bicyclic) bond motifs is 1. The summed E-state index contributed by atoms with van der Waals surface area (Å²) in [6, 6.07) is 20.6. The molecule has 32 heavy (non-hydrogen) atoms. The molecule has 0 aliphatic heterocycles. The second-order valence-electron chi connectivity index (χ2n) is 6.79. The minimum Gasteiger partial charge on any atom is -0.272 e. The third kappa shape index (κ3) is 5.93. The van der Waals surface area contributed by atoms with Gasteiger partial charge < -0.3 is 0 Å². The predicted molar refractivity (Wildman–Crippen MR) is 131 cm³/mol. The van der Waals surface area contributed by atoms with Gasteiger partial charge in [0.05, 0.1) is 11.5 Å². The number of hydrazone groups is 1. The van der Waals surface area contributed by atoms with Gasteiger partial charge in [-0.15, -0.1) is 10.2 Å². The molecule has 0 saturated carbocycles. The molecular formula is C23H19FN4OS3. The zero-order valence-electron chi connectivity index (χ0n) is 17.1. The van der Waals surface area contributed by atoms with Crippen LogP contribution in [0.3, 0.4) is 0 Å². The van der Waals surface area contributed by atoms with Gasteiger partial charge in [-0.2, -0.15) is 5.10 Å². The molecule has 4 aromatic rings. The van der Waals surface area contributed by atoms with Crippen molar-refractivity contribution in [1.29, 1.82) is 0 Å². The van der Waals surface area contributed by atoms with Crippen LogP contribution < -0.4 is 5.43 Å². The van der Waals surface area contributed by atoms with E-state index >= 15 is 0 Å². The molecule has 0 atom stereocenters. The maximum Gasteiger partial charge on any atom is 0.250 e. The van der Waals surface area contributed by atoms with Gasteiger partial charge in [0.15, 0.2) is 8.68 Å². The number of nitrogens with zero attached hydrogens (tertiary/aromatic N) is 3. The Morgan fingerprint density at radius 1 is 1.00 bits per heavy atom. The van der Waals surface area contributed by atoms with Crippen LogP contribution in [0.5, 0.6) is 0 Å². The van der Waals surface area contributed by atoms with E-state index < -0.39 is 0 Å². The highest BCUT2D eigenvalue weighted by Gasteiger charge is 2.10. The van der Waals surface area contributed by atoms with E-state index in [4.69, 9.17) is 0 Å². The normalized spacial score (nSPS) is 11.6. The maximum absolute atomic E-state index is 13.0. The number of rotatable bonds is 8. The van der Waals surface area contributed by atoms with Crippen LogP contribution in [0.25, 0.3) is 10.8 Å². The van der Waals surface area contributed by atoms with Crippen molar-refractivity contribution >= 4 is 57.3 Å². The lowest BCUT2D eigenvalue weighted by atomic mass is 10.1. The minimum atomic E-state index is -0.311. The van der Waals surface area contributed by atoms with Gasteiger partial charge in [-0.1, -0.05) is 89.5 Å². The van der Waals surface area contributed by atoms with Crippen LogP contribution in [0, 0.1) is 5.82 Å². The number of aromatic nitrogens is 2. The summed E-state index contributed by atoms with van der Waals surface area (Å²) in [7, 11) is 0. The van der Waals surface area contributed by atoms with Crippen LogP contribution in [0.1, 0.15) is 18.1 Å². The van der Waals surface area contributed by atoms with Crippen LogP contribution in [0.4, 0.5) is 4.39 Å². The van der Waals surface area contributed by atoms with E-state index in [0.717, 1.165) is 20.0 Å². The first-order valence-corrected chi connectivity index (χ1v) is 12.5. The SMILES string of the molecule is C/C(=N\NC(=O)CSc1nnc(SCc2cccc3ccccc23)s1)c1ccc(F)cc1. The molecule has 0 aliphatic carbocycles. The summed E-state index contributed by atoms with van der Waals surface area (Å²) in [6.45, 7) is 1.75. The molecule has 0 fully saturated rings. The fourth-order valence-corrected chi connectivity index (χ4v) is 5.75. The van der Waals surface area contributed by atoms with Crippen LogP contribution in [-0.4, -0.2) is 27.6 Å². The number of halogens is 1. The van der Waals surface area contributed by atoms with Crippen molar-refractivity contribution in [2.24, 2.45) is 5.10 Å². The number of carbonyl (C=O) groups is 1. The molecule has 0 bridgehead atoms. The molecule has 0 radical (unpaired) electrons. The minimum absolute atomic E-state index is 0.183. The Kier molecular flexibility index (Phi) is 7.51. The van der Waals surface area contributed by atoms with Gasteiger partial charge in [-0.05, 0) is 41.0 Å². The van der Waals surface area contributed by atoms with Gasteiger partial charge in [0.25, 0.3) is 5.91 Å². The number of thioether (sulfide) groups is 2. The molecule has 3 aromatic carbocycles. The van der Waals surface area contributed by atoms with Gasteiger partial charge in [0.2, 0.25) is 0 Å². The Morgan fingerprint density at radius 3 is 2.53 bits per heavy atom. The summed E-state index contributed by atoms with van der Waals surface area (Å²) in [5, 5.41) is 14.9. The maximum atomic E-state index is 13.0. The highest BCUT2D eigenvalue weighted by Crippen LogP contribution is 2.32. The molecule has 0 aliphatic rings. The van der Waals surface area contributed by atoms with Crippen molar-refractivity contribution < 1.29 is 9.18 Å². The fourth-order valence-electron chi connectivity index (χ4n) is 2.93. The molecule has 0 unspecified atom stereocenters. The summed E-state index contributed by atoms with van der Waals surface area (Å²) < 4.78 is 14.6. The molecule has 4 rings (SSSR count). The molecule has 1 amide bonds. The lowest BCUT2D eigenvalue weighted by Crippen LogP contribution is -2.21. The first kappa shape index (κ1) is 22.4. The fraction of sp³-hybridized carbons (Fsp3) is 0.130. The number of hydrogen-bond acceptors (Lipinski definition) is 7. The topological polar surface area (TPSA) is 67.2 Å². The number of nitrogens with one attached hydrogen (secondary N) is 1. The van der Waals surface area contributed by atoms with Crippen molar-refractivity contribution in [3.63, 3.8) is 0 Å². The third-order valence-corrected chi connectivity index (χ3v) is 7.79. The van der Waals surface area contributed by atoms with Gasteiger partial charge in [0, 0.05) is 5.75 Å². The molecule has 0 spiro atoms. The largest absolute Gasteiger partial charge is 0.272 e. The van der Waals surface area contributed by atoms with Crippen LogP contribution in [0.15, 0.2) is 80.5 Å². The van der Waals surface area contributed by atoms with E-state index in [2.05, 4.69) is 51.1 Å². The first-order valence-electron chi connectivity index (χ1n) is 9.73. The van der Waals surface area contributed by atoms with E-state index in [0.29, 0.717) is 5.71 Å². The molecule has 5 nitrogen and oxygen atoms in total. The summed E-state index contributed by atoms with van der Waals surface area (Å²) in [5.41, 5.74) is 5.13. The first-order chi connectivity index (χ1) is 15.6. The number of hydrogen-bond donors (Lipinski definition) is 1. The molecule has 9 heteroatoms. The predicted octanol–water partition coefficient (Wildman–Crippen LogP) is 5.76. The molecule has 162 valence electrons. The molecule has 1 heterocycles. The highest BCUT2D eigenvalue weighted by molar-refractivity contribution is 8.03. The number of amides is 1. The summed E-state index contributed by atoms with van der Waals surface area (Å²) in [6.07, 6.45) is 0. The summed E-state index contributed by atoms with van der Waals surface area (Å²) >= 11 is 4.44. The van der Waals surface area contributed by atoms with Crippen LogP contribution in [0.2, 0.25) is 0 Å². The molecular weight excluding hydrogens is 463 g/mol. The van der Waals surface area contributed by atoms with E-state index in [9.17, 15) is 9.18 Å². The van der Waals surface area contributed by atoms with Gasteiger partial charge in [-0.3, -0.25) is 4.79 Å². The highest BCUT2D eigenvalue weighted by atomic mass is 32.2. The van der Waals surface area contributed by atoms with Crippen LogP contribution in [-0.2, 0) is 10.5 Å². The number of carbonyl (C=O) groups excluding carboxylic acids is 1. The molecule has 1 aromatic heterocycles. The monoisotopic (exact) mass is 482 g/mol. The van der Waals surface area contributed by atoms with Crippen molar-refractivity contribution in [1.82, 2.24) is 15.6 Å². The van der Waals surface area contributed by atoms with E-state index in [1.54, 1.807) is 30.8 Å². The van der Waals surface area contributed by atoms with Gasteiger partial charge >= 0.3 is 0 Å². The Labute approximate surface area is 197 Å². The molecule has 0 saturated heterocycles. The average molecular weight is 483 g/mol. The van der Waals surface area contributed by atoms with E-state index in [1.807, 2.05) is 12.1 Å². The van der Waals surface area contributed by atoms with Crippen molar-refractivity contribution in [3.8, 4) is 0 Å². The van der Waals surface area contributed by atoms with E-state index in [-0.39, 0.29) is 17.5 Å². The number of benzene rings is 3. The second-order valence-corrected chi connectivity index (χ2v) is 10.2. The van der Waals surface area contributed by atoms with Crippen molar-refractivity contribution in [2.75, 3.05) is 5.75 Å². The zero-order valence-corrected chi connectivity index (χ0v) is 19.6. The zero-order chi connectivity index (χ0) is 22.3. The van der Waals surface area contributed by atoms with E-state index in [1.165, 1.54) is 51.6 Å². The quantitative estimate of drug-likeness (QED) is 0.197. The Morgan fingerprint density at radius 2 is 1.72 bits per heavy atom. The summed E-state index contributed by atoms with van der Waals surface area (Å²) in [4.78, 5) is 12.1. The molecule has 1 N–H and O–H groups in total. The lowest BCUT2D eigenvalue weighted by Gasteiger charge is -2.04. The standard InChI is InChI=1S/C23H19FN4OS3/c1-15(16-9-11-19(24)12-10-16)25-26-21(29)14-31-23-28-27-22(32-23)30-13-18-7-4-6-17-5-2-3-8-20(17)18/h2-12H,13-14H2,1H3,(H,26,29)/b25-15+. The van der Waals surface area contributed by atoms with Crippen molar-refractivity contribution in [2.45, 2.75) is 21.4 Å². The smallest absolute Gasteiger partial charge is 0.250 e. The third-order valence-electron chi connectivity index (χ3n) is 4.56. The Balaban J connectivity index is 1.27. The average Bonchev–Trinajstić information content (AvgIpc) is 3.28.